The lowest BCUT2D eigenvalue weighted by atomic mass is 10.2. The minimum atomic E-state index is -0.145. The van der Waals surface area contributed by atoms with Crippen LogP contribution in [0.1, 0.15) is 10.4 Å². The van der Waals surface area contributed by atoms with Gasteiger partial charge in [0, 0.05) is 23.1 Å². The highest BCUT2D eigenvalue weighted by Crippen LogP contribution is 2.30. The summed E-state index contributed by atoms with van der Waals surface area (Å²) >= 11 is 1.59. The molecule has 21 heavy (non-hydrogen) atoms. The first-order valence-electron chi connectivity index (χ1n) is 6.44. The molecule has 4 nitrogen and oxygen atoms in total. The van der Waals surface area contributed by atoms with Crippen LogP contribution in [0.2, 0.25) is 0 Å². The van der Waals surface area contributed by atoms with E-state index < -0.39 is 0 Å². The van der Waals surface area contributed by atoms with E-state index in [9.17, 15) is 4.79 Å². The fourth-order valence-electron chi connectivity index (χ4n) is 1.88. The molecule has 0 radical (unpaired) electrons. The Labute approximate surface area is 128 Å². The quantitative estimate of drug-likeness (QED) is 0.834. The zero-order valence-electron chi connectivity index (χ0n) is 12.0. The number of carbonyl (C=O) groups is 1. The van der Waals surface area contributed by atoms with Crippen molar-refractivity contribution >= 4 is 23.3 Å². The molecular weight excluding hydrogens is 286 g/mol. The zero-order valence-corrected chi connectivity index (χ0v) is 12.8. The van der Waals surface area contributed by atoms with Gasteiger partial charge in [-0.15, -0.1) is 11.3 Å². The monoisotopic (exact) mass is 303 g/mol. The Bertz CT molecular complexity index is 620. The number of methoxy groups -OCH3 is 2. The Kier molecular flexibility index (Phi) is 5.40. The molecule has 0 atom stereocenters. The lowest BCUT2D eigenvalue weighted by molar-refractivity contribution is -0.116. The molecule has 1 N–H and O–H groups in total. The average molecular weight is 303 g/mol. The van der Waals surface area contributed by atoms with Gasteiger partial charge in [-0.05, 0) is 23.6 Å². The van der Waals surface area contributed by atoms with Crippen LogP contribution in [0.15, 0.2) is 41.8 Å². The fraction of sp³-hybridized carbons (Fsp3) is 0.188. The second-order valence-corrected chi connectivity index (χ2v) is 5.20. The van der Waals surface area contributed by atoms with Crippen LogP contribution in [-0.4, -0.2) is 20.1 Å². The first-order chi connectivity index (χ1) is 10.2. The summed E-state index contributed by atoms with van der Waals surface area (Å²) in [5, 5.41) is 4.80. The van der Waals surface area contributed by atoms with Crippen molar-refractivity contribution in [2.45, 2.75) is 6.54 Å². The van der Waals surface area contributed by atoms with Crippen molar-refractivity contribution in [2.75, 3.05) is 14.2 Å². The summed E-state index contributed by atoms with van der Waals surface area (Å²) in [6.07, 6.45) is 3.32. The summed E-state index contributed by atoms with van der Waals surface area (Å²) in [7, 11) is 3.17. The van der Waals surface area contributed by atoms with Crippen LogP contribution < -0.4 is 14.8 Å². The Morgan fingerprint density at radius 3 is 2.76 bits per heavy atom. The average Bonchev–Trinajstić information content (AvgIpc) is 3.03. The van der Waals surface area contributed by atoms with Crippen LogP contribution in [0.25, 0.3) is 6.08 Å². The van der Waals surface area contributed by atoms with E-state index in [2.05, 4.69) is 5.32 Å². The predicted molar refractivity (Wildman–Crippen MR) is 84.7 cm³/mol. The second kappa shape index (κ2) is 7.50. The third-order valence-electron chi connectivity index (χ3n) is 2.88. The molecule has 0 bridgehead atoms. The Balaban J connectivity index is 1.98. The summed E-state index contributed by atoms with van der Waals surface area (Å²) in [6.45, 7) is 0.383. The first-order valence-corrected chi connectivity index (χ1v) is 7.32. The lowest BCUT2D eigenvalue weighted by Crippen LogP contribution is -2.20. The van der Waals surface area contributed by atoms with Gasteiger partial charge in [-0.25, -0.2) is 0 Å². The third-order valence-corrected chi connectivity index (χ3v) is 3.72. The van der Waals surface area contributed by atoms with Gasteiger partial charge in [-0.2, -0.15) is 0 Å². The van der Waals surface area contributed by atoms with Gasteiger partial charge in [0.1, 0.15) is 0 Å². The predicted octanol–water partition coefficient (Wildman–Crippen LogP) is 3.09. The van der Waals surface area contributed by atoms with Crippen molar-refractivity contribution in [3.8, 4) is 11.5 Å². The molecule has 1 amide bonds. The second-order valence-electron chi connectivity index (χ2n) is 4.22. The van der Waals surface area contributed by atoms with Gasteiger partial charge in [0.05, 0.1) is 14.2 Å². The van der Waals surface area contributed by atoms with Gasteiger partial charge in [0.15, 0.2) is 11.5 Å². The van der Waals surface area contributed by atoms with Gasteiger partial charge in [0.25, 0.3) is 0 Å². The SMILES string of the molecule is COc1cccc(CNC(=O)/C=C/c2cccs2)c1OC. The van der Waals surface area contributed by atoms with Crippen LogP contribution in [0.3, 0.4) is 0 Å². The molecule has 5 heteroatoms. The number of nitrogens with one attached hydrogen (secondary N) is 1. The molecule has 0 fully saturated rings. The van der Waals surface area contributed by atoms with Gasteiger partial charge < -0.3 is 14.8 Å². The van der Waals surface area contributed by atoms with Crippen molar-refractivity contribution in [3.63, 3.8) is 0 Å². The molecule has 0 aliphatic heterocycles. The molecule has 0 aliphatic carbocycles. The minimum absolute atomic E-state index is 0.145. The van der Waals surface area contributed by atoms with E-state index in [1.54, 1.807) is 31.6 Å². The molecule has 0 saturated carbocycles. The molecule has 0 saturated heterocycles. The Morgan fingerprint density at radius 1 is 1.24 bits per heavy atom. The maximum Gasteiger partial charge on any atom is 0.244 e. The highest BCUT2D eigenvalue weighted by atomic mass is 32.1. The number of benzene rings is 1. The zero-order chi connectivity index (χ0) is 15.1. The molecule has 2 rings (SSSR count). The van der Waals surface area contributed by atoms with E-state index in [1.165, 1.54) is 6.08 Å². The third kappa shape index (κ3) is 4.10. The van der Waals surface area contributed by atoms with E-state index in [4.69, 9.17) is 9.47 Å². The van der Waals surface area contributed by atoms with Crippen molar-refractivity contribution in [3.05, 3.63) is 52.2 Å². The summed E-state index contributed by atoms with van der Waals surface area (Å²) in [5.41, 5.74) is 0.870. The van der Waals surface area contributed by atoms with Gasteiger partial charge in [-0.3, -0.25) is 4.79 Å². The number of hydrogen-bond acceptors (Lipinski definition) is 4. The largest absolute Gasteiger partial charge is 0.493 e. The van der Waals surface area contributed by atoms with E-state index in [0.717, 1.165) is 10.4 Å². The number of amides is 1. The normalized spacial score (nSPS) is 10.6. The van der Waals surface area contributed by atoms with E-state index in [-0.39, 0.29) is 5.91 Å². The summed E-state index contributed by atoms with van der Waals surface area (Å²) in [6, 6.07) is 9.48. The molecule has 0 unspecified atom stereocenters. The van der Waals surface area contributed by atoms with Crippen molar-refractivity contribution in [1.82, 2.24) is 5.32 Å². The van der Waals surface area contributed by atoms with E-state index >= 15 is 0 Å². The van der Waals surface area contributed by atoms with Crippen molar-refractivity contribution in [2.24, 2.45) is 0 Å². The van der Waals surface area contributed by atoms with Crippen LogP contribution >= 0.6 is 11.3 Å². The molecule has 0 spiro atoms. The molecule has 1 aromatic heterocycles. The highest BCUT2D eigenvalue weighted by Gasteiger charge is 2.09. The van der Waals surface area contributed by atoms with Crippen molar-refractivity contribution < 1.29 is 14.3 Å². The number of carbonyl (C=O) groups excluding carboxylic acids is 1. The maximum atomic E-state index is 11.8. The Morgan fingerprint density at radius 2 is 2.10 bits per heavy atom. The van der Waals surface area contributed by atoms with Crippen LogP contribution in [0.4, 0.5) is 0 Å². The summed E-state index contributed by atoms with van der Waals surface area (Å²) < 4.78 is 10.6. The van der Waals surface area contributed by atoms with E-state index in [1.807, 2.05) is 35.7 Å². The topological polar surface area (TPSA) is 47.6 Å². The number of thiophene rings is 1. The van der Waals surface area contributed by atoms with Crippen LogP contribution in [0, 0.1) is 0 Å². The van der Waals surface area contributed by atoms with Crippen LogP contribution in [0.5, 0.6) is 11.5 Å². The van der Waals surface area contributed by atoms with Gasteiger partial charge in [0.2, 0.25) is 5.91 Å². The van der Waals surface area contributed by atoms with Crippen molar-refractivity contribution in [1.29, 1.82) is 0 Å². The number of para-hydroxylation sites is 1. The standard InChI is InChI=1S/C16H17NO3S/c1-19-14-7-3-5-12(16(14)20-2)11-17-15(18)9-8-13-6-4-10-21-13/h3-10H,11H2,1-2H3,(H,17,18)/b9-8+. The Hall–Kier alpha value is -2.27. The molecule has 2 aromatic rings. The van der Waals surface area contributed by atoms with Gasteiger partial charge >= 0.3 is 0 Å². The fourth-order valence-corrected chi connectivity index (χ4v) is 2.50. The smallest absolute Gasteiger partial charge is 0.244 e. The molecule has 1 heterocycles. The summed E-state index contributed by atoms with van der Waals surface area (Å²) in [5.74, 6) is 1.15. The highest BCUT2D eigenvalue weighted by molar-refractivity contribution is 7.10. The van der Waals surface area contributed by atoms with Gasteiger partial charge in [-0.1, -0.05) is 18.2 Å². The minimum Gasteiger partial charge on any atom is -0.493 e. The van der Waals surface area contributed by atoms with Crippen LogP contribution in [-0.2, 0) is 11.3 Å². The maximum absolute atomic E-state index is 11.8. The number of ether oxygens (including phenoxy) is 2. The molecular formula is C16H17NO3S. The lowest BCUT2D eigenvalue weighted by Gasteiger charge is -2.12. The number of rotatable bonds is 6. The molecule has 0 aliphatic rings. The first kappa shape index (κ1) is 15.1. The van der Waals surface area contributed by atoms with E-state index in [0.29, 0.717) is 18.0 Å². The molecule has 1 aromatic carbocycles. The molecule has 110 valence electrons. The number of hydrogen-bond donors (Lipinski definition) is 1. The summed E-state index contributed by atoms with van der Waals surface area (Å²) in [4.78, 5) is 12.8.